The Kier molecular flexibility index (Phi) is 9.01. The van der Waals surface area contributed by atoms with Crippen molar-refractivity contribution in [2.75, 3.05) is 0 Å². The minimum Gasteiger partial charge on any atom is -0.479 e. The Hall–Kier alpha value is -2.11. The molecule has 3 saturated heterocycles. The molecule has 0 aromatic heterocycles. The van der Waals surface area contributed by atoms with E-state index in [9.17, 15) is 65.4 Å². The highest BCUT2D eigenvalue weighted by Crippen LogP contribution is 2.32. The molecule has 11 N–H and O–H groups in total. The number of aliphatic hydroxyl groups is 8. The number of aliphatic carboxylic acids is 3. The summed E-state index contributed by atoms with van der Waals surface area (Å²) in [6.07, 6.45) is -32.7. The zero-order chi connectivity index (χ0) is 27.9. The van der Waals surface area contributed by atoms with E-state index in [2.05, 4.69) is 4.74 Å². The van der Waals surface area contributed by atoms with Crippen LogP contribution in [0.1, 0.15) is 0 Å². The molecule has 19 nitrogen and oxygen atoms in total. The first-order valence-corrected chi connectivity index (χ1v) is 10.6. The van der Waals surface area contributed by atoms with Crippen LogP contribution in [0.5, 0.6) is 0 Å². The largest absolute Gasteiger partial charge is 0.479 e. The molecule has 7 unspecified atom stereocenters. The first kappa shape index (κ1) is 29.4. The molecule has 0 radical (unpaired) electrons. The van der Waals surface area contributed by atoms with Crippen LogP contribution in [0.3, 0.4) is 0 Å². The molecule has 3 rings (SSSR count). The molecule has 0 bridgehead atoms. The molecule has 3 aliphatic heterocycles. The predicted octanol–water partition coefficient (Wildman–Crippen LogP) is -7.30. The first-order valence-electron chi connectivity index (χ1n) is 10.6. The minimum atomic E-state index is -2.28. The van der Waals surface area contributed by atoms with Gasteiger partial charge in [-0.25, -0.2) is 14.4 Å². The van der Waals surface area contributed by atoms with Crippen LogP contribution in [0.15, 0.2) is 0 Å². The van der Waals surface area contributed by atoms with Crippen molar-refractivity contribution in [1.82, 2.24) is 0 Å². The Morgan fingerprint density at radius 3 is 1.43 bits per heavy atom. The van der Waals surface area contributed by atoms with E-state index in [0.717, 1.165) is 0 Å². The van der Waals surface area contributed by atoms with Gasteiger partial charge in [-0.05, 0) is 0 Å². The van der Waals surface area contributed by atoms with Gasteiger partial charge in [0.25, 0.3) is 0 Å². The van der Waals surface area contributed by atoms with Crippen LogP contribution < -0.4 is 0 Å². The summed E-state index contributed by atoms with van der Waals surface area (Å²) in [6.45, 7) is 0. The average Bonchev–Trinajstić information content (AvgIpc) is 2.82. The van der Waals surface area contributed by atoms with E-state index >= 15 is 0 Å². The molecule has 3 fully saturated rings. The second-order valence-electron chi connectivity index (χ2n) is 8.45. The second kappa shape index (κ2) is 11.3. The van der Waals surface area contributed by atoms with Crippen LogP contribution in [-0.2, 0) is 38.1 Å². The molecule has 0 aromatic carbocycles. The Bertz CT molecular complexity index is 853. The van der Waals surface area contributed by atoms with Crippen molar-refractivity contribution < 1.29 is 94.2 Å². The van der Waals surface area contributed by atoms with Crippen molar-refractivity contribution in [3.63, 3.8) is 0 Å². The van der Waals surface area contributed by atoms with Crippen molar-refractivity contribution in [1.29, 1.82) is 0 Å². The number of aliphatic hydroxyl groups excluding tert-OH is 8. The van der Waals surface area contributed by atoms with Gasteiger partial charge in [-0.2, -0.15) is 0 Å². The van der Waals surface area contributed by atoms with E-state index in [0.29, 0.717) is 0 Å². The van der Waals surface area contributed by atoms with Gasteiger partial charge in [0.1, 0.15) is 54.9 Å². The molecule has 0 amide bonds. The first-order chi connectivity index (χ1) is 17.2. The normalized spacial score (nSPS) is 48.8. The number of carbonyl (C=O) groups is 3. The average molecular weight is 546 g/mol. The third-order valence-corrected chi connectivity index (χ3v) is 5.99. The summed E-state index contributed by atoms with van der Waals surface area (Å²) >= 11 is 0. The van der Waals surface area contributed by atoms with Gasteiger partial charge in [0.2, 0.25) is 0 Å². The summed E-state index contributed by atoms with van der Waals surface area (Å²) in [4.78, 5) is 34.4. The van der Waals surface area contributed by atoms with Crippen LogP contribution >= 0.6 is 0 Å². The summed E-state index contributed by atoms with van der Waals surface area (Å²) < 4.78 is 24.9. The maximum absolute atomic E-state index is 11.6. The van der Waals surface area contributed by atoms with E-state index < -0.39 is 110 Å². The van der Waals surface area contributed by atoms with Crippen molar-refractivity contribution in [2.24, 2.45) is 0 Å². The molecule has 0 aliphatic carbocycles. The molecule has 37 heavy (non-hydrogen) atoms. The van der Waals surface area contributed by atoms with Gasteiger partial charge in [-0.1, -0.05) is 0 Å². The Morgan fingerprint density at radius 2 is 0.919 bits per heavy atom. The summed E-state index contributed by atoms with van der Waals surface area (Å²) in [6, 6.07) is 0. The fraction of sp³-hybridized carbons (Fsp3) is 0.833. The monoisotopic (exact) mass is 546 g/mol. The lowest BCUT2D eigenvalue weighted by Crippen LogP contribution is -2.67. The lowest BCUT2D eigenvalue weighted by molar-refractivity contribution is -0.370. The standard InChI is InChI=1S/C18H26O19/c19-1-2(20)10(13(26)27)36-17(5(1)23)34-8-6(24)11(14(28)29)37-18(7(8)25)35-9-3(21)4(22)16(32)33-12(9)15(30)31/h1-12,16-25,32H,(H,26,27)(H,28,29)(H,30,31)/t1-,2-,3?,4?,5+,6+,7+,8-,9?,10-,11-,12?,16?,17?,18?/m0/s1. The highest BCUT2D eigenvalue weighted by Gasteiger charge is 2.56. The lowest BCUT2D eigenvalue weighted by atomic mass is 9.95. The van der Waals surface area contributed by atoms with Crippen LogP contribution in [0.25, 0.3) is 0 Å². The summed E-state index contributed by atoms with van der Waals surface area (Å²) in [5, 5.41) is 108. The number of carboxylic acids is 3. The van der Waals surface area contributed by atoms with Gasteiger partial charge in [-0.15, -0.1) is 0 Å². The minimum absolute atomic E-state index is 1.79. The summed E-state index contributed by atoms with van der Waals surface area (Å²) in [5.74, 6) is -5.47. The highest BCUT2D eigenvalue weighted by atomic mass is 16.8. The molecular weight excluding hydrogens is 520 g/mol. The lowest BCUT2D eigenvalue weighted by Gasteiger charge is -2.46. The van der Waals surface area contributed by atoms with Gasteiger partial charge in [0, 0.05) is 0 Å². The van der Waals surface area contributed by atoms with Crippen LogP contribution in [0.4, 0.5) is 0 Å². The predicted molar refractivity (Wildman–Crippen MR) is 103 cm³/mol. The van der Waals surface area contributed by atoms with Crippen molar-refractivity contribution in [3.05, 3.63) is 0 Å². The number of carboxylic acid groups (broad SMARTS) is 3. The Balaban J connectivity index is 1.87. The molecule has 212 valence electrons. The highest BCUT2D eigenvalue weighted by molar-refractivity contribution is 5.74. The molecule has 19 heteroatoms. The number of hydrogen-bond acceptors (Lipinski definition) is 16. The fourth-order valence-electron chi connectivity index (χ4n) is 3.99. The Morgan fingerprint density at radius 1 is 0.459 bits per heavy atom. The maximum Gasteiger partial charge on any atom is 0.335 e. The number of ether oxygens (including phenoxy) is 5. The van der Waals surface area contributed by atoms with Crippen LogP contribution in [0.2, 0.25) is 0 Å². The van der Waals surface area contributed by atoms with E-state index in [1.165, 1.54) is 0 Å². The quantitative estimate of drug-likeness (QED) is 0.141. The zero-order valence-corrected chi connectivity index (χ0v) is 18.3. The SMILES string of the molecule is O=C(O)C1OC(O)C(O)C(O)C1OC1O[C@H](C(=O)O)[C@H](O)[C@H](OC2O[C@H](C(=O)O)[C@@H](O)[C@H](O)[C@H]2O)[C@H]1O. The maximum atomic E-state index is 11.6. The molecule has 3 heterocycles. The smallest absolute Gasteiger partial charge is 0.335 e. The molecule has 0 aromatic rings. The summed E-state index contributed by atoms with van der Waals surface area (Å²) in [7, 11) is 0. The third-order valence-electron chi connectivity index (χ3n) is 5.99. The van der Waals surface area contributed by atoms with Crippen LogP contribution in [-0.4, -0.2) is 166 Å². The number of hydrogen-bond donors (Lipinski definition) is 11. The molecular formula is C18H26O19. The zero-order valence-electron chi connectivity index (χ0n) is 18.3. The molecule has 0 saturated carbocycles. The van der Waals surface area contributed by atoms with E-state index in [1.54, 1.807) is 0 Å². The van der Waals surface area contributed by atoms with Gasteiger partial charge < -0.3 is 79.9 Å². The van der Waals surface area contributed by atoms with E-state index in [1.807, 2.05) is 0 Å². The Labute approximate surface area is 205 Å². The molecule has 3 aliphatic rings. The fourth-order valence-corrected chi connectivity index (χ4v) is 3.99. The van der Waals surface area contributed by atoms with Gasteiger partial charge >= 0.3 is 17.9 Å². The number of rotatable bonds is 7. The van der Waals surface area contributed by atoms with Gasteiger partial charge in [0.05, 0.1) is 0 Å². The van der Waals surface area contributed by atoms with Gasteiger partial charge in [0.15, 0.2) is 37.2 Å². The second-order valence-corrected chi connectivity index (χ2v) is 8.45. The van der Waals surface area contributed by atoms with Crippen molar-refractivity contribution in [3.8, 4) is 0 Å². The van der Waals surface area contributed by atoms with Crippen molar-refractivity contribution >= 4 is 17.9 Å². The van der Waals surface area contributed by atoms with Crippen molar-refractivity contribution in [2.45, 2.75) is 92.1 Å². The third kappa shape index (κ3) is 5.68. The van der Waals surface area contributed by atoms with Gasteiger partial charge in [-0.3, -0.25) is 0 Å². The summed E-state index contributed by atoms with van der Waals surface area (Å²) in [5.41, 5.74) is 0. The van der Waals surface area contributed by atoms with E-state index in [-0.39, 0.29) is 0 Å². The topological polar surface area (TPSA) is 320 Å². The van der Waals surface area contributed by atoms with E-state index in [4.69, 9.17) is 24.1 Å². The molecule has 15 atom stereocenters. The van der Waals surface area contributed by atoms with Crippen LogP contribution in [0, 0.1) is 0 Å². The molecule has 0 spiro atoms.